The fourth-order valence-electron chi connectivity index (χ4n) is 3.87. The van der Waals surface area contributed by atoms with Crippen molar-refractivity contribution in [1.82, 2.24) is 9.99 Å². The molecule has 4 rings (SSSR count). The first-order valence-corrected chi connectivity index (χ1v) is 10.5. The Bertz CT molecular complexity index is 1400. The van der Waals surface area contributed by atoms with Crippen molar-refractivity contribution in [2.24, 2.45) is 5.10 Å². The summed E-state index contributed by atoms with van der Waals surface area (Å²) in [5.74, 6) is -1.43. The molecule has 3 aromatic carbocycles. The molecule has 0 radical (unpaired) electrons. The molecule has 0 aliphatic rings. The van der Waals surface area contributed by atoms with Gasteiger partial charge >= 0.3 is 0 Å². The molecule has 8 nitrogen and oxygen atoms in total. The molecular weight excluding hydrogens is 420 g/mol. The Kier molecular flexibility index (Phi) is 5.99. The average Bonchev–Trinajstić information content (AvgIpc) is 3.10. The number of anilines is 1. The molecule has 0 atom stereocenters. The third-order valence-electron chi connectivity index (χ3n) is 5.36. The van der Waals surface area contributed by atoms with Gasteiger partial charge in [-0.2, -0.15) is 5.10 Å². The van der Waals surface area contributed by atoms with Crippen LogP contribution in [0.2, 0.25) is 0 Å². The summed E-state index contributed by atoms with van der Waals surface area (Å²) in [4.78, 5) is 24.7. The minimum Gasteiger partial charge on any atom is -0.508 e. The maximum atomic E-state index is 12.5. The van der Waals surface area contributed by atoms with Gasteiger partial charge in [0.05, 0.1) is 12.0 Å². The van der Waals surface area contributed by atoms with Crippen LogP contribution in [0.1, 0.15) is 30.6 Å². The van der Waals surface area contributed by atoms with Crippen LogP contribution >= 0.6 is 0 Å². The number of para-hydroxylation sites is 1. The number of carbonyl (C=O) groups excluding carboxylic acids is 2. The van der Waals surface area contributed by atoms with Crippen molar-refractivity contribution in [3.05, 3.63) is 66.2 Å². The van der Waals surface area contributed by atoms with Gasteiger partial charge in [-0.25, -0.2) is 5.43 Å². The molecule has 1 aromatic heterocycles. The standard InChI is InChI=1S/C25H24N4O4/c1-3-29-21-7-5-4-6-18(21)20-13-16(8-11-22(20)29)26-24(32)12-15(2)27-28-25(33)19-10-9-17(30)14-23(19)31/h4-11,13-14,30-31H,3,12H2,1-2H3,(H,26,32)(H,28,33)/b27-15-. The molecular formula is C25H24N4O4. The second-order valence-corrected chi connectivity index (χ2v) is 7.71. The monoisotopic (exact) mass is 444 g/mol. The highest BCUT2D eigenvalue weighted by Crippen LogP contribution is 2.31. The molecule has 0 saturated heterocycles. The van der Waals surface area contributed by atoms with Crippen LogP contribution in [-0.2, 0) is 11.3 Å². The Morgan fingerprint density at radius 2 is 1.73 bits per heavy atom. The Morgan fingerprint density at radius 1 is 0.970 bits per heavy atom. The van der Waals surface area contributed by atoms with Crippen LogP contribution < -0.4 is 10.7 Å². The molecule has 0 saturated carbocycles. The van der Waals surface area contributed by atoms with Gasteiger partial charge in [-0.05, 0) is 50.2 Å². The SMILES string of the molecule is CCn1c2ccccc2c2cc(NC(=O)C/C(C)=N\NC(=O)c3ccc(O)cc3O)ccc21. The van der Waals surface area contributed by atoms with Gasteiger partial charge in [0.2, 0.25) is 5.91 Å². The van der Waals surface area contributed by atoms with Crippen LogP contribution in [0.3, 0.4) is 0 Å². The Hall–Kier alpha value is -4.33. The van der Waals surface area contributed by atoms with E-state index < -0.39 is 5.91 Å². The third kappa shape index (κ3) is 4.50. The molecule has 2 amide bonds. The smallest absolute Gasteiger partial charge is 0.275 e. The van der Waals surface area contributed by atoms with Crippen molar-refractivity contribution < 1.29 is 19.8 Å². The zero-order valence-corrected chi connectivity index (χ0v) is 18.3. The van der Waals surface area contributed by atoms with E-state index in [9.17, 15) is 19.8 Å². The van der Waals surface area contributed by atoms with Gasteiger partial charge in [-0.1, -0.05) is 18.2 Å². The number of hydrazone groups is 1. The number of phenols is 2. The third-order valence-corrected chi connectivity index (χ3v) is 5.36. The van der Waals surface area contributed by atoms with Crippen LogP contribution in [0, 0.1) is 0 Å². The minimum absolute atomic E-state index is 0.0173. The van der Waals surface area contributed by atoms with E-state index in [4.69, 9.17) is 0 Å². The van der Waals surface area contributed by atoms with Gasteiger partial charge in [0.15, 0.2) is 0 Å². The fourth-order valence-corrected chi connectivity index (χ4v) is 3.87. The summed E-state index contributed by atoms with van der Waals surface area (Å²) in [6.07, 6.45) is -0.0173. The number of carbonyl (C=O) groups is 2. The largest absolute Gasteiger partial charge is 0.508 e. The molecule has 33 heavy (non-hydrogen) atoms. The lowest BCUT2D eigenvalue weighted by Crippen LogP contribution is -2.21. The summed E-state index contributed by atoms with van der Waals surface area (Å²) in [5, 5.41) is 28.1. The number of nitrogens with zero attached hydrogens (tertiary/aromatic N) is 2. The quantitative estimate of drug-likeness (QED) is 0.261. The van der Waals surface area contributed by atoms with Crippen LogP contribution in [0.25, 0.3) is 21.8 Å². The van der Waals surface area contributed by atoms with Crippen molar-refractivity contribution in [2.45, 2.75) is 26.8 Å². The zero-order valence-electron chi connectivity index (χ0n) is 18.3. The molecule has 0 bridgehead atoms. The van der Waals surface area contributed by atoms with E-state index in [0.29, 0.717) is 11.4 Å². The molecule has 168 valence electrons. The first-order valence-electron chi connectivity index (χ1n) is 10.5. The molecule has 0 spiro atoms. The van der Waals surface area contributed by atoms with Crippen molar-refractivity contribution in [3.8, 4) is 11.5 Å². The van der Waals surface area contributed by atoms with Crippen molar-refractivity contribution in [3.63, 3.8) is 0 Å². The van der Waals surface area contributed by atoms with E-state index in [2.05, 4.69) is 39.5 Å². The second kappa shape index (κ2) is 9.04. The number of amides is 2. The van der Waals surface area contributed by atoms with Gasteiger partial charge < -0.3 is 20.1 Å². The minimum atomic E-state index is -0.648. The van der Waals surface area contributed by atoms with Crippen molar-refractivity contribution >= 4 is 45.0 Å². The number of aryl methyl sites for hydroxylation is 1. The Morgan fingerprint density at radius 3 is 2.48 bits per heavy atom. The lowest BCUT2D eigenvalue weighted by molar-refractivity contribution is -0.115. The normalized spacial score (nSPS) is 11.6. The van der Waals surface area contributed by atoms with Crippen LogP contribution in [0.15, 0.2) is 65.8 Å². The summed E-state index contributed by atoms with van der Waals surface area (Å²) >= 11 is 0. The van der Waals surface area contributed by atoms with Crippen molar-refractivity contribution in [2.75, 3.05) is 5.32 Å². The predicted molar refractivity (Wildman–Crippen MR) is 129 cm³/mol. The highest BCUT2D eigenvalue weighted by molar-refractivity contribution is 6.11. The Labute approximate surface area is 190 Å². The average molecular weight is 444 g/mol. The maximum Gasteiger partial charge on any atom is 0.275 e. The molecule has 4 aromatic rings. The van der Waals surface area contributed by atoms with Crippen LogP contribution in [0.4, 0.5) is 5.69 Å². The van der Waals surface area contributed by atoms with Crippen LogP contribution in [-0.4, -0.2) is 32.3 Å². The lowest BCUT2D eigenvalue weighted by Gasteiger charge is -2.07. The van der Waals surface area contributed by atoms with Gasteiger partial charge in [-0.3, -0.25) is 9.59 Å². The van der Waals surface area contributed by atoms with E-state index in [1.807, 2.05) is 30.3 Å². The van der Waals surface area contributed by atoms with Gasteiger partial charge in [0.1, 0.15) is 11.5 Å². The highest BCUT2D eigenvalue weighted by atomic mass is 16.3. The second-order valence-electron chi connectivity index (χ2n) is 7.71. The highest BCUT2D eigenvalue weighted by Gasteiger charge is 2.13. The summed E-state index contributed by atoms with van der Waals surface area (Å²) in [7, 11) is 0. The van der Waals surface area contributed by atoms with Crippen molar-refractivity contribution in [1.29, 1.82) is 0 Å². The first-order chi connectivity index (χ1) is 15.9. The number of rotatable bonds is 6. The number of aromatic nitrogens is 1. The van der Waals surface area contributed by atoms with Gasteiger partial charge in [-0.15, -0.1) is 0 Å². The molecule has 8 heteroatoms. The molecule has 1 heterocycles. The summed E-state index contributed by atoms with van der Waals surface area (Å²) < 4.78 is 2.24. The topological polar surface area (TPSA) is 116 Å². The lowest BCUT2D eigenvalue weighted by atomic mass is 10.1. The van der Waals surface area contributed by atoms with E-state index in [-0.39, 0.29) is 29.4 Å². The number of fused-ring (bicyclic) bond motifs is 3. The number of phenolic OH excluding ortho intramolecular Hbond substituents is 2. The molecule has 0 unspecified atom stereocenters. The van der Waals surface area contributed by atoms with Gasteiger partial charge in [0.25, 0.3) is 5.91 Å². The number of aromatic hydroxyl groups is 2. The van der Waals surface area contributed by atoms with E-state index in [1.54, 1.807) is 6.92 Å². The first kappa shape index (κ1) is 21.9. The molecule has 0 fully saturated rings. The number of nitrogens with one attached hydrogen (secondary N) is 2. The Balaban J connectivity index is 1.45. The molecule has 4 N–H and O–H groups in total. The fraction of sp³-hybridized carbons (Fsp3) is 0.160. The number of benzene rings is 3. The van der Waals surface area contributed by atoms with E-state index in [1.165, 1.54) is 12.1 Å². The van der Waals surface area contributed by atoms with Crippen LogP contribution in [0.5, 0.6) is 11.5 Å². The summed E-state index contributed by atoms with van der Waals surface area (Å²) in [6.45, 7) is 4.57. The predicted octanol–water partition coefficient (Wildman–Crippen LogP) is 4.36. The number of hydrogen-bond acceptors (Lipinski definition) is 5. The molecule has 0 aliphatic carbocycles. The van der Waals surface area contributed by atoms with E-state index >= 15 is 0 Å². The summed E-state index contributed by atoms with van der Waals surface area (Å²) in [5.41, 5.74) is 5.60. The zero-order chi connectivity index (χ0) is 23.5. The maximum absolute atomic E-state index is 12.5. The van der Waals surface area contributed by atoms with Gasteiger partial charge in [0, 0.05) is 45.8 Å². The molecule has 0 aliphatic heterocycles. The summed E-state index contributed by atoms with van der Waals surface area (Å²) in [6, 6.07) is 17.6. The number of hydrogen-bond donors (Lipinski definition) is 4. The van der Waals surface area contributed by atoms with E-state index in [0.717, 1.165) is 34.4 Å².